The van der Waals surface area contributed by atoms with Crippen LogP contribution in [0.4, 0.5) is 5.69 Å². The Balaban J connectivity index is 2.36. The molecule has 1 aliphatic heterocycles. The Morgan fingerprint density at radius 3 is 2.36 bits per heavy atom. The van der Waals surface area contributed by atoms with E-state index < -0.39 is 12.0 Å². The van der Waals surface area contributed by atoms with Gasteiger partial charge in [0.25, 0.3) is 5.91 Å². The predicted octanol–water partition coefficient (Wildman–Crippen LogP) is 0.311. The van der Waals surface area contributed by atoms with Crippen LogP contribution >= 0.6 is 0 Å². The third kappa shape index (κ3) is 1.29. The van der Waals surface area contributed by atoms with E-state index in [1.807, 2.05) is 0 Å². The number of aliphatic hydroxyl groups excluding tert-OH is 1. The van der Waals surface area contributed by atoms with Gasteiger partial charge in [0.1, 0.15) is 6.10 Å². The Labute approximate surface area is 80.8 Å². The van der Waals surface area contributed by atoms with Crippen LogP contribution in [-0.2, 0) is 9.59 Å². The Morgan fingerprint density at radius 2 is 1.86 bits per heavy atom. The van der Waals surface area contributed by atoms with Gasteiger partial charge in [0.15, 0.2) is 0 Å². The largest absolute Gasteiger partial charge is 0.383 e. The smallest absolute Gasteiger partial charge is 0.263 e. The Morgan fingerprint density at radius 1 is 1.21 bits per heavy atom. The van der Waals surface area contributed by atoms with Gasteiger partial charge in [-0.1, -0.05) is 18.2 Å². The van der Waals surface area contributed by atoms with Gasteiger partial charge in [-0.05, 0) is 12.1 Å². The van der Waals surface area contributed by atoms with Crippen LogP contribution in [0.5, 0.6) is 0 Å². The highest BCUT2D eigenvalue weighted by Crippen LogP contribution is 2.21. The van der Waals surface area contributed by atoms with Crippen molar-refractivity contribution < 1.29 is 14.7 Å². The van der Waals surface area contributed by atoms with Crippen LogP contribution in [-0.4, -0.2) is 23.0 Å². The average Bonchev–Trinajstić information content (AvgIpc) is 2.43. The molecule has 1 aromatic rings. The second-order valence-electron chi connectivity index (χ2n) is 3.12. The summed E-state index contributed by atoms with van der Waals surface area (Å²) in [6.45, 7) is 0. The summed E-state index contributed by atoms with van der Waals surface area (Å²) in [4.78, 5) is 23.7. The minimum atomic E-state index is -1.18. The number of rotatable bonds is 1. The van der Waals surface area contributed by atoms with E-state index >= 15 is 0 Å². The molecule has 1 aliphatic rings. The summed E-state index contributed by atoms with van der Waals surface area (Å²) in [5.41, 5.74) is 0.513. The van der Waals surface area contributed by atoms with E-state index in [0.29, 0.717) is 5.69 Å². The second kappa shape index (κ2) is 3.23. The molecule has 0 bridgehead atoms. The van der Waals surface area contributed by atoms with Crippen LogP contribution in [0.25, 0.3) is 0 Å². The molecular weight excluding hydrogens is 182 g/mol. The molecule has 0 aliphatic carbocycles. The van der Waals surface area contributed by atoms with Crippen molar-refractivity contribution >= 4 is 17.5 Å². The molecule has 1 saturated heterocycles. The minimum absolute atomic E-state index is 0.117. The zero-order chi connectivity index (χ0) is 10.1. The van der Waals surface area contributed by atoms with Crippen molar-refractivity contribution in [3.63, 3.8) is 0 Å². The number of carbonyl (C=O) groups excluding carboxylic acids is 2. The molecule has 1 unspecified atom stereocenters. The first-order valence-corrected chi connectivity index (χ1v) is 4.30. The molecule has 0 saturated carbocycles. The molecule has 1 fully saturated rings. The van der Waals surface area contributed by atoms with E-state index in [1.165, 1.54) is 0 Å². The highest BCUT2D eigenvalue weighted by Gasteiger charge is 2.38. The lowest BCUT2D eigenvalue weighted by Crippen LogP contribution is -2.31. The van der Waals surface area contributed by atoms with Gasteiger partial charge in [-0.25, -0.2) is 4.90 Å². The summed E-state index contributed by atoms with van der Waals surface area (Å²) >= 11 is 0. The van der Waals surface area contributed by atoms with E-state index in [4.69, 9.17) is 0 Å². The number of amides is 2. The average molecular weight is 191 g/mol. The van der Waals surface area contributed by atoms with E-state index in [0.717, 1.165) is 4.90 Å². The van der Waals surface area contributed by atoms with E-state index in [9.17, 15) is 14.7 Å². The third-order valence-corrected chi connectivity index (χ3v) is 2.14. The third-order valence-electron chi connectivity index (χ3n) is 2.14. The van der Waals surface area contributed by atoms with Gasteiger partial charge in [0.05, 0.1) is 12.1 Å². The fourth-order valence-electron chi connectivity index (χ4n) is 1.46. The number of hydrogen-bond acceptors (Lipinski definition) is 3. The SMILES string of the molecule is O=C1CC(O)C(=O)N1c1ccccc1. The van der Waals surface area contributed by atoms with E-state index in [2.05, 4.69) is 0 Å². The number of benzene rings is 1. The van der Waals surface area contributed by atoms with Gasteiger partial charge in [0.2, 0.25) is 5.91 Å². The molecule has 0 aromatic heterocycles. The zero-order valence-electron chi connectivity index (χ0n) is 7.38. The first-order valence-electron chi connectivity index (χ1n) is 4.30. The van der Waals surface area contributed by atoms with Crippen molar-refractivity contribution in [1.29, 1.82) is 0 Å². The quantitative estimate of drug-likeness (QED) is 0.650. The molecule has 2 amide bonds. The molecular formula is C10H9NO3. The summed E-state index contributed by atoms with van der Waals surface area (Å²) in [6.07, 6.45) is -1.30. The van der Waals surface area contributed by atoms with Gasteiger partial charge in [0, 0.05) is 0 Å². The standard InChI is InChI=1S/C10H9NO3/c12-8-6-9(13)11(10(8)14)7-4-2-1-3-5-7/h1-5,8,12H,6H2. The molecule has 0 radical (unpaired) electrons. The molecule has 1 aromatic carbocycles. The normalized spacial score (nSPS) is 21.8. The van der Waals surface area contributed by atoms with Crippen molar-refractivity contribution in [1.82, 2.24) is 0 Å². The van der Waals surface area contributed by atoms with Crippen molar-refractivity contribution in [3.8, 4) is 0 Å². The number of aliphatic hydroxyl groups is 1. The zero-order valence-corrected chi connectivity index (χ0v) is 7.38. The van der Waals surface area contributed by atoms with Gasteiger partial charge in [-0.2, -0.15) is 0 Å². The lowest BCUT2D eigenvalue weighted by Gasteiger charge is -2.13. The Hall–Kier alpha value is -1.68. The van der Waals surface area contributed by atoms with Gasteiger partial charge >= 0.3 is 0 Å². The van der Waals surface area contributed by atoms with Crippen LogP contribution in [0.1, 0.15) is 6.42 Å². The van der Waals surface area contributed by atoms with Crippen molar-refractivity contribution in [3.05, 3.63) is 30.3 Å². The maximum atomic E-state index is 11.4. The Kier molecular flexibility index (Phi) is 2.05. The van der Waals surface area contributed by atoms with Crippen LogP contribution in [0, 0.1) is 0 Å². The first kappa shape index (κ1) is 8.90. The molecule has 0 spiro atoms. The summed E-state index contributed by atoms with van der Waals surface area (Å²) in [6, 6.07) is 8.59. The monoisotopic (exact) mass is 191 g/mol. The summed E-state index contributed by atoms with van der Waals surface area (Å²) in [7, 11) is 0. The van der Waals surface area contributed by atoms with Gasteiger partial charge < -0.3 is 5.11 Å². The number of imide groups is 1. The van der Waals surface area contributed by atoms with E-state index in [-0.39, 0.29) is 12.3 Å². The van der Waals surface area contributed by atoms with Gasteiger partial charge in [-0.3, -0.25) is 9.59 Å². The molecule has 1 N–H and O–H groups in total. The predicted molar refractivity (Wildman–Crippen MR) is 49.6 cm³/mol. The number of anilines is 1. The Bertz CT molecular complexity index is 374. The maximum Gasteiger partial charge on any atom is 0.263 e. The van der Waals surface area contributed by atoms with Crippen LogP contribution in [0.3, 0.4) is 0 Å². The minimum Gasteiger partial charge on any atom is -0.383 e. The highest BCUT2D eigenvalue weighted by atomic mass is 16.3. The summed E-state index contributed by atoms with van der Waals surface area (Å²) in [5, 5.41) is 9.19. The first-order chi connectivity index (χ1) is 6.70. The molecule has 1 heterocycles. The highest BCUT2D eigenvalue weighted by molar-refractivity contribution is 6.21. The van der Waals surface area contributed by atoms with Crippen molar-refractivity contribution in [2.24, 2.45) is 0 Å². The molecule has 14 heavy (non-hydrogen) atoms. The topological polar surface area (TPSA) is 57.6 Å². The summed E-state index contributed by atoms with van der Waals surface area (Å²) < 4.78 is 0. The van der Waals surface area contributed by atoms with Crippen molar-refractivity contribution in [2.45, 2.75) is 12.5 Å². The lowest BCUT2D eigenvalue weighted by atomic mass is 10.3. The summed E-state index contributed by atoms with van der Waals surface area (Å²) in [5.74, 6) is -0.894. The number of carbonyl (C=O) groups is 2. The van der Waals surface area contributed by atoms with Gasteiger partial charge in [-0.15, -0.1) is 0 Å². The fraction of sp³-hybridized carbons (Fsp3) is 0.200. The molecule has 2 rings (SSSR count). The molecule has 4 nitrogen and oxygen atoms in total. The molecule has 72 valence electrons. The number of hydrogen-bond donors (Lipinski definition) is 1. The van der Waals surface area contributed by atoms with E-state index in [1.54, 1.807) is 30.3 Å². The lowest BCUT2D eigenvalue weighted by molar-refractivity contribution is -0.124. The van der Waals surface area contributed by atoms with Crippen LogP contribution < -0.4 is 4.90 Å². The van der Waals surface area contributed by atoms with Crippen LogP contribution in [0.2, 0.25) is 0 Å². The van der Waals surface area contributed by atoms with Crippen LogP contribution in [0.15, 0.2) is 30.3 Å². The molecule has 1 atom stereocenters. The molecule has 4 heteroatoms. The second-order valence-corrected chi connectivity index (χ2v) is 3.12. The maximum absolute atomic E-state index is 11.4. The number of nitrogens with zero attached hydrogens (tertiary/aromatic N) is 1. The van der Waals surface area contributed by atoms with Crippen molar-refractivity contribution in [2.75, 3.05) is 4.90 Å². The fourth-order valence-corrected chi connectivity index (χ4v) is 1.46. The number of para-hydroxylation sites is 1.